The lowest BCUT2D eigenvalue weighted by molar-refractivity contribution is -0.337. The van der Waals surface area contributed by atoms with Gasteiger partial charge in [0.05, 0.1) is 74.2 Å². The van der Waals surface area contributed by atoms with E-state index in [9.17, 15) is 75.0 Å². The Morgan fingerprint density at radius 3 is 1.87 bits per heavy atom. The SMILES string of the molecule is CC(=O)NC1C(O[C@@H](CC2CCCCC2)C(=O)O)[C@@H](O)[C@H](CO)O[C@H]1O[C@@H]1CC(C(=O)CCCNC(=O)[C@H]2CC(OCc3cc4ccccc4oc3=O)C(O)[C@H](O[C@@H]3OC(CO)[C@H](O)C(OCc4cc5ccccc5oc4=O)[C@H]3O)C2)CC(n2cc(-c3ccccc3)nn2)[C@H]1O[C@@H]1OC(C)[C@@H](O)[C@H](O)C1O. The van der Waals surface area contributed by atoms with E-state index in [1.807, 2.05) is 6.07 Å². The van der Waals surface area contributed by atoms with Crippen molar-refractivity contribution < 1.29 is 122 Å². The summed E-state index contributed by atoms with van der Waals surface area (Å²) in [6.45, 7) is 0.0129. The lowest BCUT2D eigenvalue weighted by atomic mass is 9.78. The molecule has 12 N–H and O–H groups in total. The van der Waals surface area contributed by atoms with Gasteiger partial charge in [0, 0.05) is 48.1 Å². The minimum atomic E-state index is -1.86. The van der Waals surface area contributed by atoms with Gasteiger partial charge in [0.2, 0.25) is 11.8 Å². The Hall–Kier alpha value is -7.42. The molecule has 12 rings (SSSR count). The lowest BCUT2D eigenvalue weighted by Crippen LogP contribution is -2.67. The van der Waals surface area contributed by atoms with Crippen molar-refractivity contribution in [1.29, 1.82) is 0 Å². The van der Waals surface area contributed by atoms with E-state index >= 15 is 4.79 Å². The number of Topliss-reactive ketones (excluding diaryl/α,β-unsaturated/α-hetero) is 1. The number of aliphatic hydroxyl groups is 9. The predicted octanol–water partition coefficient (Wildman–Crippen LogP) is 1.33. The first-order chi connectivity index (χ1) is 51.0. The molecule has 24 atom stereocenters. The van der Waals surface area contributed by atoms with Crippen molar-refractivity contribution in [3.63, 3.8) is 0 Å². The number of nitrogens with one attached hydrogen (secondary N) is 2. The molecule has 6 aliphatic rings. The highest BCUT2D eigenvalue weighted by Gasteiger charge is 2.55. The summed E-state index contributed by atoms with van der Waals surface area (Å²) < 4.78 is 69.0. The molecule has 6 fully saturated rings. The summed E-state index contributed by atoms with van der Waals surface area (Å²) in [5, 5.41) is 128. The van der Waals surface area contributed by atoms with Crippen LogP contribution < -0.4 is 21.9 Å². The number of carbonyl (C=O) groups is 4. The Morgan fingerprint density at radius 1 is 0.623 bits per heavy atom. The van der Waals surface area contributed by atoms with Crippen molar-refractivity contribution in [3.05, 3.63) is 129 Å². The highest BCUT2D eigenvalue weighted by Crippen LogP contribution is 2.43. The number of aliphatic carboxylic acids is 1. The molecule has 0 radical (unpaired) electrons. The zero-order valence-electron chi connectivity index (χ0n) is 58.4. The van der Waals surface area contributed by atoms with Crippen LogP contribution in [0.25, 0.3) is 33.2 Å². The number of nitrogens with zero attached hydrogens (tertiary/aromatic N) is 3. The van der Waals surface area contributed by atoms with Gasteiger partial charge in [-0.25, -0.2) is 19.1 Å². The zero-order valence-corrected chi connectivity index (χ0v) is 58.4. The molecule has 0 bridgehead atoms. The van der Waals surface area contributed by atoms with Crippen molar-refractivity contribution in [1.82, 2.24) is 25.6 Å². The number of ether oxygens (including phenoxy) is 9. The predicted molar refractivity (Wildman–Crippen MR) is 367 cm³/mol. The number of rotatable bonds is 28. The molecular weight excluding hydrogens is 1390 g/mol. The van der Waals surface area contributed by atoms with Crippen LogP contribution in [0.3, 0.4) is 0 Å². The standard InChI is InChI=1S/C74H93N5O27/c1-36-58(84)62(88)63(89)73(98-36)106-65-47(79-31-46(77-78-79)39-16-7-4-8-17-39)27-42(28-53(65)103-72-57(76-37(2)82)66(60(86)55(32-80)104-72)99-54(69(92)93)24-38-14-5-3-6-15-38)48(83)20-13-23-75-68(91)43-29-51(96-34-44-25-40-18-9-11-21-49(40)100-70(44)94)59(85)52(30-43)102-74-64(90)67(61(87)56(33-81)105-74)97-35-45-26-41-19-10-12-22-50(41)101-71(45)95/h4,7-12,16-19,21-22,25-26,31,36,38,42-43,47,51-67,72-74,80-81,84-90H,3,5-6,13-15,20,23-24,27-30,32-35H2,1-2H3,(H,75,91)(H,76,82)(H,92,93)/t36?,42?,43-,47?,51?,52+,53+,54-,55-,56?,57?,58+,59?,60-,61-,62-,63?,64+,65+,66?,67?,72+,73-,74+/m0/s1. The van der Waals surface area contributed by atoms with E-state index in [4.69, 9.17) is 51.5 Å². The summed E-state index contributed by atoms with van der Waals surface area (Å²) >= 11 is 0. The maximum atomic E-state index is 15.1. The Labute approximate surface area is 607 Å². The minimum Gasteiger partial charge on any atom is -0.479 e. The Bertz CT molecular complexity index is 4060. The van der Waals surface area contributed by atoms with Crippen LogP contribution in [0.15, 0.2) is 116 Å². The first kappa shape index (κ1) is 78.2. The molecule has 32 nitrogen and oxygen atoms in total. The van der Waals surface area contributed by atoms with Gasteiger partial charge < -0.3 is 113 Å². The number of carboxylic acid groups (broad SMARTS) is 1. The summed E-state index contributed by atoms with van der Waals surface area (Å²) in [6, 6.07) is 23.1. The fourth-order valence-electron chi connectivity index (χ4n) is 15.4. The molecule has 576 valence electrons. The number of para-hydroxylation sites is 2. The molecule has 3 aromatic heterocycles. The molecule has 32 heteroatoms. The van der Waals surface area contributed by atoms with Gasteiger partial charge in [-0.15, -0.1) is 5.10 Å². The summed E-state index contributed by atoms with van der Waals surface area (Å²) in [7, 11) is 0. The first-order valence-electron chi connectivity index (χ1n) is 36.1. The van der Waals surface area contributed by atoms with Crippen LogP contribution in [0.1, 0.15) is 108 Å². The van der Waals surface area contributed by atoms with Crippen molar-refractivity contribution in [3.8, 4) is 11.3 Å². The molecule has 3 saturated heterocycles. The average Bonchev–Trinajstić information content (AvgIpc) is 1.23. The van der Waals surface area contributed by atoms with E-state index in [1.54, 1.807) is 85.1 Å². The average molecular weight is 1480 g/mol. The van der Waals surface area contributed by atoms with Crippen LogP contribution in [0, 0.1) is 17.8 Å². The number of aromatic nitrogens is 3. The highest BCUT2D eigenvalue weighted by atomic mass is 16.7. The second-order valence-electron chi connectivity index (χ2n) is 28.5. The van der Waals surface area contributed by atoms with E-state index in [-0.39, 0.29) is 74.3 Å². The molecule has 0 spiro atoms. The summed E-state index contributed by atoms with van der Waals surface area (Å²) in [4.78, 5) is 82.3. The van der Waals surface area contributed by atoms with Gasteiger partial charge in [0.25, 0.3) is 0 Å². The molecule has 3 aromatic carbocycles. The summed E-state index contributed by atoms with van der Waals surface area (Å²) in [5.74, 6) is -5.00. The molecule has 3 saturated carbocycles. The monoisotopic (exact) mass is 1480 g/mol. The fraction of sp³-hybridized carbons (Fsp3) is 0.595. The van der Waals surface area contributed by atoms with Crippen LogP contribution in [0.4, 0.5) is 0 Å². The number of fused-ring (bicyclic) bond motifs is 2. The fourth-order valence-corrected chi connectivity index (χ4v) is 15.4. The molecule has 3 aliphatic heterocycles. The van der Waals surface area contributed by atoms with Crippen molar-refractivity contribution in [2.75, 3.05) is 19.8 Å². The van der Waals surface area contributed by atoms with Gasteiger partial charge >= 0.3 is 17.2 Å². The zero-order chi connectivity index (χ0) is 75.0. The largest absolute Gasteiger partial charge is 0.479 e. The maximum Gasteiger partial charge on any atom is 0.341 e. The quantitative estimate of drug-likeness (QED) is 0.0243. The van der Waals surface area contributed by atoms with Gasteiger partial charge in [-0.1, -0.05) is 104 Å². The molecule has 6 heterocycles. The van der Waals surface area contributed by atoms with Gasteiger partial charge in [-0.05, 0) is 75.6 Å². The van der Waals surface area contributed by atoms with Crippen molar-refractivity contribution in [2.45, 2.75) is 239 Å². The normalized spacial score (nSPS) is 33.4. The third-order valence-corrected chi connectivity index (χ3v) is 21.2. The highest BCUT2D eigenvalue weighted by molar-refractivity contribution is 5.82. The van der Waals surface area contributed by atoms with Crippen LogP contribution in [0.2, 0.25) is 0 Å². The number of hydrogen-bond donors (Lipinski definition) is 12. The number of carbonyl (C=O) groups excluding carboxylic acids is 3. The number of carboxylic acids is 1. The molecule has 106 heavy (non-hydrogen) atoms. The number of hydrogen-bond acceptors (Lipinski definition) is 28. The summed E-state index contributed by atoms with van der Waals surface area (Å²) in [6.07, 6.45) is -26.1. The number of ketones is 1. The number of benzene rings is 3. The molecule has 2 amide bonds. The van der Waals surface area contributed by atoms with Gasteiger partial charge in [0.15, 0.2) is 25.0 Å². The topological polar surface area (TPSA) is 469 Å². The number of aliphatic hydroxyl groups excluding tert-OH is 9. The Balaban J connectivity index is 0.791. The van der Waals surface area contributed by atoms with Crippen molar-refractivity contribution in [2.24, 2.45) is 17.8 Å². The minimum absolute atomic E-state index is 0.0262. The van der Waals surface area contributed by atoms with Crippen molar-refractivity contribution >= 4 is 45.5 Å². The third kappa shape index (κ3) is 18.1. The second-order valence-corrected chi connectivity index (χ2v) is 28.5. The summed E-state index contributed by atoms with van der Waals surface area (Å²) in [5.41, 5.74) is 0.354. The van der Waals surface area contributed by atoms with Gasteiger partial charge in [-0.3, -0.25) is 14.4 Å². The Kier molecular flexibility index (Phi) is 26.0. The number of amides is 2. The smallest absolute Gasteiger partial charge is 0.341 e. The van der Waals surface area contributed by atoms with E-state index in [1.165, 1.54) is 24.6 Å². The van der Waals surface area contributed by atoms with Gasteiger partial charge in [0.1, 0.15) is 102 Å². The van der Waals surface area contributed by atoms with E-state index < -0.39 is 202 Å². The van der Waals surface area contributed by atoms with Crippen LogP contribution in [0.5, 0.6) is 0 Å². The van der Waals surface area contributed by atoms with Gasteiger partial charge in [-0.2, -0.15) is 0 Å². The first-order valence-corrected chi connectivity index (χ1v) is 36.1. The molecule has 6 aromatic rings. The third-order valence-electron chi connectivity index (χ3n) is 21.2. The lowest BCUT2D eigenvalue weighted by Gasteiger charge is -2.49. The van der Waals surface area contributed by atoms with E-state index in [0.717, 1.165) is 32.1 Å². The maximum absolute atomic E-state index is 15.1. The van der Waals surface area contributed by atoms with Crippen LogP contribution in [-0.4, -0.2) is 238 Å². The molecule has 3 aliphatic carbocycles. The molecule has 10 unspecified atom stereocenters. The van der Waals surface area contributed by atoms with E-state index in [2.05, 4.69) is 20.9 Å². The van der Waals surface area contributed by atoms with E-state index in [0.29, 0.717) is 33.2 Å². The molecular formula is C74H93N5O27. The second kappa shape index (κ2) is 35.3. The Morgan fingerprint density at radius 2 is 1.22 bits per heavy atom. The van der Waals surface area contributed by atoms with Crippen LogP contribution >= 0.6 is 0 Å². The van der Waals surface area contributed by atoms with Crippen LogP contribution in [-0.2, 0) is 75.0 Å².